The van der Waals surface area contributed by atoms with Gasteiger partial charge < -0.3 is 10.2 Å². The van der Waals surface area contributed by atoms with Crippen LogP contribution in [-0.4, -0.2) is 37.0 Å². The van der Waals surface area contributed by atoms with Crippen LogP contribution < -0.4 is 5.32 Å². The number of carbonyl (C=O) groups is 1. The van der Waals surface area contributed by atoms with Gasteiger partial charge in [-0.05, 0) is 62.1 Å². The molecule has 0 aromatic heterocycles. The Morgan fingerprint density at radius 1 is 1.17 bits per heavy atom. The zero-order valence-corrected chi connectivity index (χ0v) is 15.6. The van der Waals surface area contributed by atoms with E-state index in [1.807, 2.05) is 0 Å². The van der Waals surface area contributed by atoms with Crippen LogP contribution in [0.4, 0.5) is 0 Å². The van der Waals surface area contributed by atoms with Crippen molar-refractivity contribution in [2.45, 2.75) is 44.9 Å². The lowest BCUT2D eigenvalue weighted by atomic mass is 9.81. The lowest BCUT2D eigenvalue weighted by Crippen LogP contribution is -2.42. The van der Waals surface area contributed by atoms with Gasteiger partial charge in [0.25, 0.3) is 0 Å². The van der Waals surface area contributed by atoms with Gasteiger partial charge in [-0.25, -0.2) is 0 Å². The number of amides is 1. The Kier molecular flexibility index (Phi) is 7.57. The lowest BCUT2D eigenvalue weighted by molar-refractivity contribution is -0.133. The van der Waals surface area contributed by atoms with Crippen LogP contribution in [0.25, 0.3) is 0 Å². The van der Waals surface area contributed by atoms with Crippen LogP contribution in [0.2, 0.25) is 0 Å². The van der Waals surface area contributed by atoms with E-state index in [0.29, 0.717) is 17.7 Å². The van der Waals surface area contributed by atoms with E-state index in [4.69, 9.17) is 0 Å². The first-order valence-electron chi connectivity index (χ1n) is 9.27. The first-order valence-corrected chi connectivity index (χ1v) is 9.27. The Labute approximate surface area is 152 Å². The maximum atomic E-state index is 12.5. The minimum atomic E-state index is 0. The molecular weight excluding hydrogens is 320 g/mol. The van der Waals surface area contributed by atoms with Crippen molar-refractivity contribution in [3.8, 4) is 0 Å². The molecule has 2 aliphatic heterocycles. The number of rotatable bonds is 4. The Bertz CT molecular complexity index is 502. The minimum absolute atomic E-state index is 0. The van der Waals surface area contributed by atoms with Crippen molar-refractivity contribution >= 4 is 18.3 Å². The van der Waals surface area contributed by atoms with Gasteiger partial charge >= 0.3 is 0 Å². The summed E-state index contributed by atoms with van der Waals surface area (Å²) in [7, 11) is 0. The molecule has 2 saturated heterocycles. The molecule has 1 N–H and O–H groups in total. The second-order valence-corrected chi connectivity index (χ2v) is 7.35. The van der Waals surface area contributed by atoms with E-state index in [1.165, 1.54) is 18.4 Å². The molecule has 4 heteroatoms. The maximum absolute atomic E-state index is 12.5. The SMILES string of the molecule is CC1CN(C(=O)CCC2CCNCC2)CCC1c1ccccc1.Cl. The molecule has 2 atom stereocenters. The van der Waals surface area contributed by atoms with Gasteiger partial charge in [0.15, 0.2) is 0 Å². The molecule has 2 fully saturated rings. The molecule has 134 valence electrons. The van der Waals surface area contributed by atoms with E-state index in [0.717, 1.165) is 51.4 Å². The fraction of sp³-hybridized carbons (Fsp3) is 0.650. The first-order chi connectivity index (χ1) is 11.2. The Morgan fingerprint density at radius 3 is 2.54 bits per heavy atom. The normalized spacial score (nSPS) is 25.1. The summed E-state index contributed by atoms with van der Waals surface area (Å²) in [6, 6.07) is 10.8. The second-order valence-electron chi connectivity index (χ2n) is 7.35. The summed E-state index contributed by atoms with van der Waals surface area (Å²) in [5.41, 5.74) is 1.43. The minimum Gasteiger partial charge on any atom is -0.342 e. The summed E-state index contributed by atoms with van der Waals surface area (Å²) in [6.07, 6.45) is 5.39. The van der Waals surface area contributed by atoms with Gasteiger partial charge in [0, 0.05) is 19.5 Å². The molecule has 1 amide bonds. The molecule has 1 aromatic rings. The standard InChI is InChI=1S/C20H30N2O.ClH/c1-16-15-22(14-11-19(16)18-5-3-2-4-6-18)20(23)8-7-17-9-12-21-13-10-17;/h2-6,16-17,19,21H,7-15H2,1H3;1H. The smallest absolute Gasteiger partial charge is 0.222 e. The zero-order chi connectivity index (χ0) is 16.1. The summed E-state index contributed by atoms with van der Waals surface area (Å²) in [5.74, 6) is 2.28. The fourth-order valence-electron chi connectivity index (χ4n) is 4.22. The summed E-state index contributed by atoms with van der Waals surface area (Å²) in [5, 5.41) is 3.40. The van der Waals surface area contributed by atoms with Gasteiger partial charge in [0.2, 0.25) is 5.91 Å². The number of hydrogen-bond donors (Lipinski definition) is 1. The van der Waals surface area contributed by atoms with Crippen molar-refractivity contribution in [2.24, 2.45) is 11.8 Å². The van der Waals surface area contributed by atoms with Crippen molar-refractivity contribution in [1.82, 2.24) is 10.2 Å². The van der Waals surface area contributed by atoms with E-state index < -0.39 is 0 Å². The highest BCUT2D eigenvalue weighted by molar-refractivity contribution is 5.85. The highest BCUT2D eigenvalue weighted by Crippen LogP contribution is 2.33. The van der Waals surface area contributed by atoms with Crippen LogP contribution in [0, 0.1) is 11.8 Å². The number of hydrogen-bond acceptors (Lipinski definition) is 2. The largest absolute Gasteiger partial charge is 0.342 e. The number of likely N-dealkylation sites (tertiary alicyclic amines) is 1. The molecule has 0 aliphatic carbocycles. The lowest BCUT2D eigenvalue weighted by Gasteiger charge is -2.37. The molecule has 24 heavy (non-hydrogen) atoms. The molecule has 0 radical (unpaired) electrons. The topological polar surface area (TPSA) is 32.3 Å². The molecule has 2 unspecified atom stereocenters. The predicted molar refractivity (Wildman–Crippen MR) is 102 cm³/mol. The van der Waals surface area contributed by atoms with Gasteiger partial charge in [0.05, 0.1) is 0 Å². The van der Waals surface area contributed by atoms with Crippen molar-refractivity contribution in [2.75, 3.05) is 26.2 Å². The molecule has 0 saturated carbocycles. The highest BCUT2D eigenvalue weighted by atomic mass is 35.5. The number of nitrogens with zero attached hydrogens (tertiary/aromatic N) is 1. The summed E-state index contributed by atoms with van der Waals surface area (Å²) in [6.45, 7) is 6.39. The average molecular weight is 351 g/mol. The quantitative estimate of drug-likeness (QED) is 0.894. The number of piperidine rings is 2. The van der Waals surface area contributed by atoms with Crippen molar-refractivity contribution < 1.29 is 4.79 Å². The Hall–Kier alpha value is -1.06. The molecule has 0 spiro atoms. The van der Waals surface area contributed by atoms with Gasteiger partial charge in [-0.2, -0.15) is 0 Å². The summed E-state index contributed by atoms with van der Waals surface area (Å²) < 4.78 is 0. The van der Waals surface area contributed by atoms with Gasteiger partial charge in [0.1, 0.15) is 0 Å². The third-order valence-corrected chi connectivity index (χ3v) is 5.71. The molecule has 3 nitrogen and oxygen atoms in total. The third-order valence-electron chi connectivity index (χ3n) is 5.71. The second kappa shape index (κ2) is 9.43. The summed E-state index contributed by atoms with van der Waals surface area (Å²) >= 11 is 0. The van der Waals surface area contributed by atoms with Crippen LogP contribution in [-0.2, 0) is 4.79 Å². The first kappa shape index (κ1) is 19.3. The molecular formula is C20H31ClN2O. The number of carbonyl (C=O) groups excluding carboxylic acids is 1. The van der Waals surface area contributed by atoms with E-state index in [1.54, 1.807) is 0 Å². The summed E-state index contributed by atoms with van der Waals surface area (Å²) in [4.78, 5) is 14.7. The van der Waals surface area contributed by atoms with Crippen LogP contribution in [0.1, 0.15) is 50.5 Å². The van der Waals surface area contributed by atoms with Crippen LogP contribution in [0.5, 0.6) is 0 Å². The Balaban J connectivity index is 0.00000208. The average Bonchev–Trinajstić information content (AvgIpc) is 2.61. The third kappa shape index (κ3) is 4.97. The maximum Gasteiger partial charge on any atom is 0.222 e. The fourth-order valence-corrected chi connectivity index (χ4v) is 4.22. The van der Waals surface area contributed by atoms with Crippen molar-refractivity contribution in [1.29, 1.82) is 0 Å². The number of nitrogens with one attached hydrogen (secondary N) is 1. The van der Waals surface area contributed by atoms with E-state index >= 15 is 0 Å². The van der Waals surface area contributed by atoms with E-state index in [-0.39, 0.29) is 12.4 Å². The van der Waals surface area contributed by atoms with Gasteiger partial charge in [-0.15, -0.1) is 12.4 Å². The molecule has 0 bridgehead atoms. The zero-order valence-electron chi connectivity index (χ0n) is 14.7. The van der Waals surface area contributed by atoms with Crippen LogP contribution >= 0.6 is 12.4 Å². The van der Waals surface area contributed by atoms with Crippen molar-refractivity contribution in [3.63, 3.8) is 0 Å². The van der Waals surface area contributed by atoms with Crippen LogP contribution in [0.15, 0.2) is 30.3 Å². The van der Waals surface area contributed by atoms with Crippen molar-refractivity contribution in [3.05, 3.63) is 35.9 Å². The predicted octanol–water partition coefficient (Wildman–Crippen LogP) is 3.84. The highest BCUT2D eigenvalue weighted by Gasteiger charge is 2.29. The molecule has 2 aliphatic rings. The Morgan fingerprint density at radius 2 is 1.88 bits per heavy atom. The monoisotopic (exact) mass is 350 g/mol. The van der Waals surface area contributed by atoms with Crippen LogP contribution in [0.3, 0.4) is 0 Å². The van der Waals surface area contributed by atoms with E-state index in [2.05, 4.69) is 47.5 Å². The van der Waals surface area contributed by atoms with Gasteiger partial charge in [-0.3, -0.25) is 4.79 Å². The molecule has 3 rings (SSSR count). The molecule has 1 aromatic carbocycles. The van der Waals surface area contributed by atoms with E-state index in [9.17, 15) is 4.79 Å². The molecule has 2 heterocycles. The number of halogens is 1. The number of benzene rings is 1. The van der Waals surface area contributed by atoms with Gasteiger partial charge in [-0.1, -0.05) is 37.3 Å².